The highest BCUT2D eigenvalue weighted by Crippen LogP contribution is 2.33. The van der Waals surface area contributed by atoms with Crippen molar-refractivity contribution in [3.8, 4) is 11.5 Å². The Bertz CT molecular complexity index is 857. The van der Waals surface area contributed by atoms with Gasteiger partial charge in [-0.1, -0.05) is 6.92 Å². The summed E-state index contributed by atoms with van der Waals surface area (Å²) in [6, 6.07) is 9.27. The second kappa shape index (κ2) is 5.22. The van der Waals surface area contributed by atoms with E-state index in [0.29, 0.717) is 34.3 Å². The summed E-state index contributed by atoms with van der Waals surface area (Å²) in [5.41, 5.74) is 2.35. The SMILES string of the molecule is CCc1oc2c(C)cc(O)cc2c1C(=O)c1ccc(O)cc1. The zero-order valence-corrected chi connectivity index (χ0v) is 12.4. The summed E-state index contributed by atoms with van der Waals surface area (Å²) >= 11 is 0. The summed E-state index contributed by atoms with van der Waals surface area (Å²) < 4.78 is 5.82. The van der Waals surface area contributed by atoms with Crippen LogP contribution in [0.15, 0.2) is 40.8 Å². The number of hydrogen-bond acceptors (Lipinski definition) is 4. The number of phenols is 2. The van der Waals surface area contributed by atoms with Gasteiger partial charge < -0.3 is 14.6 Å². The Balaban J connectivity index is 2.24. The lowest BCUT2D eigenvalue weighted by Gasteiger charge is -2.02. The number of furan rings is 1. The summed E-state index contributed by atoms with van der Waals surface area (Å²) in [6.07, 6.45) is 0.577. The van der Waals surface area contributed by atoms with Crippen LogP contribution in [0.5, 0.6) is 11.5 Å². The number of ketones is 1. The zero-order chi connectivity index (χ0) is 15.9. The molecule has 0 saturated heterocycles. The molecule has 0 spiro atoms. The van der Waals surface area contributed by atoms with Gasteiger partial charge in [0.2, 0.25) is 0 Å². The molecule has 0 aliphatic rings. The number of benzene rings is 2. The van der Waals surface area contributed by atoms with Crippen LogP contribution in [0.2, 0.25) is 0 Å². The minimum atomic E-state index is -0.180. The van der Waals surface area contributed by atoms with Gasteiger partial charge in [-0.25, -0.2) is 0 Å². The predicted octanol–water partition coefficient (Wildman–Crippen LogP) is 3.95. The van der Waals surface area contributed by atoms with Gasteiger partial charge in [0.05, 0.1) is 5.56 Å². The van der Waals surface area contributed by atoms with Gasteiger partial charge in [0.25, 0.3) is 0 Å². The van der Waals surface area contributed by atoms with Crippen molar-refractivity contribution in [2.45, 2.75) is 20.3 Å². The fourth-order valence-corrected chi connectivity index (χ4v) is 2.66. The molecule has 2 aromatic carbocycles. The fourth-order valence-electron chi connectivity index (χ4n) is 2.66. The summed E-state index contributed by atoms with van der Waals surface area (Å²) in [5.74, 6) is 0.633. The van der Waals surface area contributed by atoms with Crippen molar-refractivity contribution in [1.29, 1.82) is 0 Å². The van der Waals surface area contributed by atoms with Crippen LogP contribution < -0.4 is 0 Å². The topological polar surface area (TPSA) is 70.7 Å². The summed E-state index contributed by atoms with van der Waals surface area (Å²) in [5, 5.41) is 19.8. The number of rotatable bonds is 3. The average Bonchev–Trinajstić information content (AvgIpc) is 2.86. The normalized spacial score (nSPS) is 11.0. The molecule has 0 amide bonds. The van der Waals surface area contributed by atoms with Gasteiger partial charge in [-0.2, -0.15) is 0 Å². The number of carbonyl (C=O) groups is 1. The molecule has 0 aliphatic carbocycles. The van der Waals surface area contributed by atoms with Crippen LogP contribution in [0.1, 0.15) is 34.2 Å². The minimum absolute atomic E-state index is 0.105. The van der Waals surface area contributed by atoms with E-state index in [0.717, 1.165) is 5.56 Å². The third-order valence-corrected chi connectivity index (χ3v) is 3.71. The van der Waals surface area contributed by atoms with E-state index >= 15 is 0 Å². The maximum atomic E-state index is 12.8. The Morgan fingerprint density at radius 1 is 1.09 bits per heavy atom. The molecule has 112 valence electrons. The predicted molar refractivity (Wildman–Crippen MR) is 83.5 cm³/mol. The molecule has 2 N–H and O–H groups in total. The van der Waals surface area contributed by atoms with Gasteiger partial charge in [0.1, 0.15) is 22.8 Å². The summed E-state index contributed by atoms with van der Waals surface area (Å²) in [7, 11) is 0. The Labute approximate surface area is 127 Å². The number of aryl methyl sites for hydroxylation is 2. The van der Waals surface area contributed by atoms with Crippen LogP contribution in [-0.2, 0) is 6.42 Å². The number of aromatic hydroxyl groups is 2. The molecule has 0 unspecified atom stereocenters. The molecule has 0 fully saturated rings. The molecular weight excluding hydrogens is 280 g/mol. The van der Waals surface area contributed by atoms with E-state index in [9.17, 15) is 15.0 Å². The zero-order valence-electron chi connectivity index (χ0n) is 12.4. The standard InChI is InChI=1S/C18H16O4/c1-3-15-16(17(21)11-4-6-12(19)7-5-11)14-9-13(20)8-10(2)18(14)22-15/h4-9,19-20H,3H2,1-2H3. The summed E-state index contributed by atoms with van der Waals surface area (Å²) in [4.78, 5) is 12.8. The van der Waals surface area contributed by atoms with Crippen LogP contribution in [-0.4, -0.2) is 16.0 Å². The fraction of sp³-hybridized carbons (Fsp3) is 0.167. The van der Waals surface area contributed by atoms with Crippen molar-refractivity contribution in [3.63, 3.8) is 0 Å². The van der Waals surface area contributed by atoms with Crippen molar-refractivity contribution in [2.24, 2.45) is 0 Å². The molecule has 1 aromatic heterocycles. The number of fused-ring (bicyclic) bond motifs is 1. The molecule has 4 heteroatoms. The van der Waals surface area contributed by atoms with Crippen LogP contribution in [0.25, 0.3) is 11.0 Å². The van der Waals surface area contributed by atoms with Crippen molar-refractivity contribution < 1.29 is 19.4 Å². The van der Waals surface area contributed by atoms with Crippen molar-refractivity contribution >= 4 is 16.8 Å². The first-order valence-corrected chi connectivity index (χ1v) is 7.10. The van der Waals surface area contributed by atoms with Gasteiger partial charge in [0.15, 0.2) is 5.78 Å². The molecule has 0 atom stereocenters. The van der Waals surface area contributed by atoms with Gasteiger partial charge in [-0.3, -0.25) is 4.79 Å². The smallest absolute Gasteiger partial charge is 0.197 e. The highest BCUT2D eigenvalue weighted by atomic mass is 16.3. The molecule has 0 radical (unpaired) electrons. The molecule has 1 heterocycles. The average molecular weight is 296 g/mol. The highest BCUT2D eigenvalue weighted by Gasteiger charge is 2.22. The highest BCUT2D eigenvalue weighted by molar-refractivity contribution is 6.17. The first-order valence-electron chi connectivity index (χ1n) is 7.10. The third-order valence-electron chi connectivity index (χ3n) is 3.71. The molecule has 3 rings (SSSR count). The van der Waals surface area contributed by atoms with Crippen LogP contribution in [0.3, 0.4) is 0 Å². The van der Waals surface area contributed by atoms with Crippen LogP contribution >= 0.6 is 0 Å². The lowest BCUT2D eigenvalue weighted by molar-refractivity contribution is 0.103. The maximum absolute atomic E-state index is 12.8. The van der Waals surface area contributed by atoms with Crippen LogP contribution in [0, 0.1) is 6.92 Å². The number of carbonyl (C=O) groups excluding carboxylic acids is 1. The third kappa shape index (κ3) is 2.22. The van der Waals surface area contributed by atoms with Crippen LogP contribution in [0.4, 0.5) is 0 Å². The second-order valence-corrected chi connectivity index (χ2v) is 5.27. The Morgan fingerprint density at radius 2 is 1.77 bits per heavy atom. The molecular formula is C18H16O4. The molecule has 0 bridgehead atoms. The summed E-state index contributed by atoms with van der Waals surface area (Å²) in [6.45, 7) is 3.75. The van der Waals surface area contributed by atoms with E-state index in [4.69, 9.17) is 4.42 Å². The molecule has 4 nitrogen and oxygen atoms in total. The van der Waals surface area contributed by atoms with Gasteiger partial charge in [-0.15, -0.1) is 0 Å². The quantitative estimate of drug-likeness (QED) is 0.718. The maximum Gasteiger partial charge on any atom is 0.197 e. The van der Waals surface area contributed by atoms with Crippen molar-refractivity contribution in [1.82, 2.24) is 0 Å². The Kier molecular flexibility index (Phi) is 3.37. The van der Waals surface area contributed by atoms with E-state index in [1.807, 2.05) is 13.8 Å². The lowest BCUT2D eigenvalue weighted by Crippen LogP contribution is -2.03. The minimum Gasteiger partial charge on any atom is -0.508 e. The number of phenolic OH excluding ortho intramolecular Hbond substituents is 2. The molecule has 0 aliphatic heterocycles. The molecule has 3 aromatic rings. The lowest BCUT2D eigenvalue weighted by atomic mass is 9.98. The van der Waals surface area contributed by atoms with Gasteiger partial charge in [0, 0.05) is 17.4 Å². The Hall–Kier alpha value is -2.75. The molecule has 0 saturated carbocycles. The van der Waals surface area contributed by atoms with E-state index < -0.39 is 0 Å². The number of hydrogen-bond donors (Lipinski definition) is 2. The van der Waals surface area contributed by atoms with E-state index in [2.05, 4.69) is 0 Å². The monoisotopic (exact) mass is 296 g/mol. The second-order valence-electron chi connectivity index (χ2n) is 5.27. The van der Waals surface area contributed by atoms with E-state index in [1.165, 1.54) is 12.1 Å². The first kappa shape index (κ1) is 14.2. The van der Waals surface area contributed by atoms with Gasteiger partial charge >= 0.3 is 0 Å². The largest absolute Gasteiger partial charge is 0.508 e. The Morgan fingerprint density at radius 3 is 2.41 bits per heavy atom. The van der Waals surface area contributed by atoms with Gasteiger partial charge in [-0.05, 0) is 48.9 Å². The van der Waals surface area contributed by atoms with E-state index in [1.54, 1.807) is 24.3 Å². The first-order chi connectivity index (χ1) is 10.5. The molecule has 22 heavy (non-hydrogen) atoms. The van der Waals surface area contributed by atoms with Crippen molar-refractivity contribution in [3.05, 3.63) is 58.8 Å². The van der Waals surface area contributed by atoms with Crippen molar-refractivity contribution in [2.75, 3.05) is 0 Å². The van der Waals surface area contributed by atoms with E-state index in [-0.39, 0.29) is 17.3 Å².